The van der Waals surface area contributed by atoms with E-state index in [4.69, 9.17) is 10.0 Å². The standard InChI is InChI=1S/C11H10S.C7H9BO2.C4H3BrS/c1-9-5-2-3-6-10(9)11-7-4-8-12-11;1-6-4-2-3-5-7(6)8(9)10;5-4-2-1-3-6-4/h2-8H,1H3;2-5,9-10H,1H3;1-3H. The molecule has 2 aromatic carbocycles. The Balaban J connectivity index is 0.000000159. The van der Waals surface area contributed by atoms with Crippen molar-refractivity contribution in [2.45, 2.75) is 13.8 Å². The van der Waals surface area contributed by atoms with Crippen LogP contribution in [-0.2, 0) is 0 Å². The van der Waals surface area contributed by atoms with Gasteiger partial charge in [0.2, 0.25) is 0 Å². The maximum absolute atomic E-state index is 8.76. The molecule has 0 radical (unpaired) electrons. The molecule has 0 saturated heterocycles. The molecular weight excluding hydrogens is 451 g/mol. The third kappa shape index (κ3) is 7.38. The van der Waals surface area contributed by atoms with Gasteiger partial charge in [0.05, 0.1) is 3.79 Å². The first-order valence-electron chi connectivity index (χ1n) is 8.69. The van der Waals surface area contributed by atoms with Crippen molar-refractivity contribution in [1.82, 2.24) is 0 Å². The molecule has 0 saturated carbocycles. The van der Waals surface area contributed by atoms with E-state index in [0.29, 0.717) is 5.46 Å². The van der Waals surface area contributed by atoms with Gasteiger partial charge in [-0.25, -0.2) is 0 Å². The Morgan fingerprint density at radius 1 is 0.714 bits per heavy atom. The van der Waals surface area contributed by atoms with Crippen LogP contribution >= 0.6 is 38.6 Å². The molecule has 0 unspecified atom stereocenters. The Bertz CT molecular complexity index is 939. The van der Waals surface area contributed by atoms with E-state index in [0.717, 1.165) is 5.56 Å². The second-order valence-electron chi connectivity index (χ2n) is 5.94. The summed E-state index contributed by atoms with van der Waals surface area (Å²) in [5.74, 6) is 0. The SMILES string of the molecule is Brc1cccs1.Cc1ccccc1-c1cccs1.Cc1ccccc1B(O)O. The molecule has 28 heavy (non-hydrogen) atoms. The minimum atomic E-state index is -1.35. The van der Waals surface area contributed by atoms with E-state index in [-0.39, 0.29) is 0 Å². The van der Waals surface area contributed by atoms with Crippen molar-refractivity contribution in [2.75, 3.05) is 0 Å². The van der Waals surface area contributed by atoms with Gasteiger partial charge in [0.15, 0.2) is 0 Å². The smallest absolute Gasteiger partial charge is 0.423 e. The molecule has 2 heterocycles. The third-order valence-electron chi connectivity index (χ3n) is 3.88. The van der Waals surface area contributed by atoms with Gasteiger partial charge in [-0.1, -0.05) is 66.2 Å². The zero-order chi connectivity index (χ0) is 20.4. The van der Waals surface area contributed by atoms with Crippen LogP contribution < -0.4 is 5.46 Å². The third-order valence-corrected chi connectivity index (χ3v) is 6.27. The zero-order valence-electron chi connectivity index (χ0n) is 15.7. The molecule has 0 aliphatic carbocycles. The number of benzene rings is 2. The van der Waals surface area contributed by atoms with E-state index >= 15 is 0 Å². The van der Waals surface area contributed by atoms with E-state index in [9.17, 15) is 0 Å². The van der Waals surface area contributed by atoms with Gasteiger partial charge in [-0.05, 0) is 69.3 Å². The van der Waals surface area contributed by atoms with Crippen LogP contribution in [-0.4, -0.2) is 17.2 Å². The molecule has 4 rings (SSSR count). The molecule has 2 aromatic heterocycles. The quantitative estimate of drug-likeness (QED) is 0.356. The van der Waals surface area contributed by atoms with Gasteiger partial charge in [0, 0.05) is 4.88 Å². The molecule has 2 nitrogen and oxygen atoms in total. The Kier molecular flexibility index (Phi) is 9.68. The summed E-state index contributed by atoms with van der Waals surface area (Å²) in [6, 6.07) is 23.9. The molecule has 4 aromatic rings. The zero-order valence-corrected chi connectivity index (χ0v) is 19.0. The maximum atomic E-state index is 8.76. The van der Waals surface area contributed by atoms with Crippen molar-refractivity contribution in [3.05, 3.63) is 98.5 Å². The fourth-order valence-electron chi connectivity index (χ4n) is 2.42. The number of rotatable bonds is 2. The lowest BCUT2D eigenvalue weighted by molar-refractivity contribution is 0.425. The molecule has 6 heteroatoms. The van der Waals surface area contributed by atoms with Crippen molar-refractivity contribution < 1.29 is 10.0 Å². The lowest BCUT2D eigenvalue weighted by Crippen LogP contribution is -2.31. The van der Waals surface area contributed by atoms with Gasteiger partial charge < -0.3 is 10.0 Å². The average molecular weight is 473 g/mol. The van der Waals surface area contributed by atoms with E-state index in [1.807, 2.05) is 36.6 Å². The number of hydrogen-bond donors (Lipinski definition) is 2. The monoisotopic (exact) mass is 472 g/mol. The van der Waals surface area contributed by atoms with Crippen molar-refractivity contribution in [2.24, 2.45) is 0 Å². The van der Waals surface area contributed by atoms with E-state index < -0.39 is 7.12 Å². The fourth-order valence-corrected chi connectivity index (χ4v) is 4.15. The minimum absolute atomic E-state index is 0.572. The topological polar surface area (TPSA) is 40.5 Å². The van der Waals surface area contributed by atoms with E-state index in [2.05, 4.69) is 64.6 Å². The summed E-state index contributed by atoms with van der Waals surface area (Å²) in [6.45, 7) is 3.99. The summed E-state index contributed by atoms with van der Waals surface area (Å²) in [5.41, 5.74) is 4.17. The first kappa shape index (κ1) is 22.6. The summed E-state index contributed by atoms with van der Waals surface area (Å²) >= 11 is 6.78. The molecule has 2 N–H and O–H groups in total. The van der Waals surface area contributed by atoms with Crippen molar-refractivity contribution in [3.63, 3.8) is 0 Å². The van der Waals surface area contributed by atoms with Gasteiger partial charge in [0.1, 0.15) is 0 Å². The van der Waals surface area contributed by atoms with Crippen molar-refractivity contribution in [3.8, 4) is 10.4 Å². The predicted molar refractivity (Wildman–Crippen MR) is 128 cm³/mol. The lowest BCUT2D eigenvalue weighted by atomic mass is 9.77. The summed E-state index contributed by atoms with van der Waals surface area (Å²) < 4.78 is 1.20. The molecule has 0 fully saturated rings. The number of thiophene rings is 2. The summed E-state index contributed by atoms with van der Waals surface area (Å²) in [5, 5.41) is 21.7. The molecule has 0 bridgehead atoms. The van der Waals surface area contributed by atoms with Crippen molar-refractivity contribution >= 4 is 51.2 Å². The van der Waals surface area contributed by atoms with Crippen LogP contribution in [0.5, 0.6) is 0 Å². The molecule has 0 spiro atoms. The number of halogens is 1. The summed E-state index contributed by atoms with van der Waals surface area (Å²) in [4.78, 5) is 1.35. The molecule has 144 valence electrons. The van der Waals surface area contributed by atoms with Gasteiger partial charge in [-0.15, -0.1) is 22.7 Å². The second-order valence-corrected chi connectivity index (χ2v) is 9.21. The predicted octanol–water partition coefficient (Wildman–Crippen LogP) is 5.91. The minimum Gasteiger partial charge on any atom is -0.423 e. The Morgan fingerprint density at radius 2 is 1.32 bits per heavy atom. The highest BCUT2D eigenvalue weighted by Gasteiger charge is 2.11. The summed E-state index contributed by atoms with van der Waals surface area (Å²) in [6.07, 6.45) is 0. The molecule has 0 aliphatic rings. The fraction of sp³-hybridized carbons (Fsp3) is 0.0909. The highest BCUT2D eigenvalue weighted by Crippen LogP contribution is 2.26. The highest BCUT2D eigenvalue weighted by molar-refractivity contribution is 9.11. The second kappa shape index (κ2) is 12.0. The molecule has 0 atom stereocenters. The Morgan fingerprint density at radius 3 is 1.75 bits per heavy atom. The van der Waals surface area contributed by atoms with Crippen LogP contribution in [0.2, 0.25) is 0 Å². The van der Waals surface area contributed by atoms with Crippen LogP contribution in [0.25, 0.3) is 10.4 Å². The Hall–Kier alpha value is -1.70. The van der Waals surface area contributed by atoms with Crippen LogP contribution in [0, 0.1) is 13.8 Å². The number of hydrogen-bond acceptors (Lipinski definition) is 4. The Labute approximate surface area is 183 Å². The largest absolute Gasteiger partial charge is 0.488 e. The van der Waals surface area contributed by atoms with E-state index in [1.165, 1.54) is 19.8 Å². The van der Waals surface area contributed by atoms with Gasteiger partial charge >= 0.3 is 7.12 Å². The first-order chi connectivity index (χ1) is 13.5. The van der Waals surface area contributed by atoms with Gasteiger partial charge in [-0.3, -0.25) is 0 Å². The van der Waals surface area contributed by atoms with Crippen LogP contribution in [0.3, 0.4) is 0 Å². The van der Waals surface area contributed by atoms with Crippen LogP contribution in [0.15, 0.2) is 87.3 Å². The summed E-state index contributed by atoms with van der Waals surface area (Å²) in [7, 11) is -1.35. The molecule has 0 aliphatic heterocycles. The molecule has 0 amide bonds. The average Bonchev–Trinajstić information content (AvgIpc) is 3.37. The highest BCUT2D eigenvalue weighted by atomic mass is 79.9. The molecular formula is C22H22BBrO2S2. The van der Waals surface area contributed by atoms with Crippen molar-refractivity contribution in [1.29, 1.82) is 0 Å². The van der Waals surface area contributed by atoms with E-state index in [1.54, 1.807) is 34.8 Å². The van der Waals surface area contributed by atoms with Gasteiger partial charge in [-0.2, -0.15) is 0 Å². The number of aryl methyl sites for hydroxylation is 2. The van der Waals surface area contributed by atoms with Crippen LogP contribution in [0.1, 0.15) is 11.1 Å². The normalized spacial score (nSPS) is 9.61. The van der Waals surface area contributed by atoms with Crippen LogP contribution in [0.4, 0.5) is 0 Å². The first-order valence-corrected chi connectivity index (χ1v) is 11.2. The lowest BCUT2D eigenvalue weighted by Gasteiger charge is -2.01. The maximum Gasteiger partial charge on any atom is 0.488 e. The van der Waals surface area contributed by atoms with Gasteiger partial charge in [0.25, 0.3) is 0 Å².